The van der Waals surface area contributed by atoms with E-state index in [0.717, 1.165) is 25.1 Å². The molecule has 0 bridgehead atoms. The number of piperidine rings is 1. The van der Waals surface area contributed by atoms with Gasteiger partial charge >= 0.3 is 0 Å². The molecule has 6 nitrogen and oxygen atoms in total. The maximum Gasteiger partial charge on any atom is 0.259 e. The summed E-state index contributed by atoms with van der Waals surface area (Å²) in [5.41, 5.74) is 2.58. The lowest BCUT2D eigenvalue weighted by molar-refractivity contribution is 0.0921. The first-order valence-electron chi connectivity index (χ1n) is 8.28. The number of nitrogens with zero attached hydrogens (tertiary/aromatic N) is 2. The number of hydrogen-bond acceptors (Lipinski definition) is 5. The predicted octanol–water partition coefficient (Wildman–Crippen LogP) is 2.52. The fraction of sp³-hybridized carbons (Fsp3) is 0.588. The Morgan fingerprint density at radius 1 is 1.48 bits per heavy atom. The first-order chi connectivity index (χ1) is 11.0. The molecule has 3 heterocycles. The van der Waals surface area contributed by atoms with Gasteiger partial charge in [0.1, 0.15) is 0 Å². The second kappa shape index (κ2) is 6.28. The van der Waals surface area contributed by atoms with Crippen LogP contribution in [0.4, 0.5) is 0 Å². The number of amides is 1. The van der Waals surface area contributed by atoms with Crippen LogP contribution in [-0.2, 0) is 0 Å². The molecule has 3 rings (SSSR count). The second-order valence-electron chi connectivity index (χ2n) is 6.66. The van der Waals surface area contributed by atoms with Crippen LogP contribution < -0.4 is 10.6 Å². The third-order valence-electron chi connectivity index (χ3n) is 4.55. The highest BCUT2D eigenvalue weighted by molar-refractivity contribution is 6.06. The zero-order valence-corrected chi connectivity index (χ0v) is 14.1. The molecule has 1 fully saturated rings. The lowest BCUT2D eigenvalue weighted by Crippen LogP contribution is -2.51. The Labute approximate surface area is 136 Å². The van der Waals surface area contributed by atoms with Gasteiger partial charge in [-0.05, 0) is 45.2 Å². The molecular weight excluding hydrogens is 292 g/mol. The van der Waals surface area contributed by atoms with Crippen LogP contribution in [0.2, 0.25) is 0 Å². The van der Waals surface area contributed by atoms with E-state index in [1.807, 2.05) is 26.8 Å². The van der Waals surface area contributed by atoms with Gasteiger partial charge in [0.2, 0.25) is 0 Å². The average Bonchev–Trinajstić information content (AvgIpc) is 2.90. The quantitative estimate of drug-likeness (QED) is 0.909. The zero-order chi connectivity index (χ0) is 16.6. The van der Waals surface area contributed by atoms with E-state index in [0.29, 0.717) is 22.4 Å². The highest BCUT2D eigenvalue weighted by Crippen LogP contribution is 2.25. The van der Waals surface area contributed by atoms with E-state index in [1.165, 1.54) is 0 Å². The SMILES string of the molecule is Cc1noc2nc(C(C)C)cc(C(=O)NC3CCCNC3C)c12. The Balaban J connectivity index is 1.96. The molecule has 1 aliphatic rings. The number of hydrogen-bond donors (Lipinski definition) is 2. The Morgan fingerprint density at radius 3 is 2.96 bits per heavy atom. The van der Waals surface area contributed by atoms with Crippen molar-refractivity contribution in [1.82, 2.24) is 20.8 Å². The monoisotopic (exact) mass is 316 g/mol. The van der Waals surface area contributed by atoms with Crippen molar-refractivity contribution in [2.45, 2.75) is 58.5 Å². The van der Waals surface area contributed by atoms with Crippen LogP contribution in [-0.4, -0.2) is 34.7 Å². The third kappa shape index (κ3) is 3.08. The topological polar surface area (TPSA) is 80.0 Å². The fourth-order valence-corrected chi connectivity index (χ4v) is 3.08. The molecule has 2 unspecified atom stereocenters. The normalized spacial score (nSPS) is 21.8. The third-order valence-corrected chi connectivity index (χ3v) is 4.55. The number of carbonyl (C=O) groups is 1. The highest BCUT2D eigenvalue weighted by atomic mass is 16.5. The van der Waals surface area contributed by atoms with E-state index < -0.39 is 0 Å². The molecule has 0 aromatic carbocycles. The van der Waals surface area contributed by atoms with E-state index in [-0.39, 0.29) is 23.9 Å². The van der Waals surface area contributed by atoms with Crippen LogP contribution in [0.3, 0.4) is 0 Å². The number of nitrogens with one attached hydrogen (secondary N) is 2. The van der Waals surface area contributed by atoms with Gasteiger partial charge in [-0.2, -0.15) is 0 Å². The van der Waals surface area contributed by atoms with Crippen molar-refractivity contribution < 1.29 is 9.32 Å². The molecule has 0 radical (unpaired) electrons. The summed E-state index contributed by atoms with van der Waals surface area (Å²) in [6, 6.07) is 2.29. The molecule has 0 spiro atoms. The Bertz CT molecular complexity index is 723. The molecule has 2 atom stereocenters. The standard InChI is InChI=1S/C17H24N4O2/c1-9(2)14-8-12(15-11(4)21-23-17(15)20-14)16(22)19-13-6-5-7-18-10(13)3/h8-10,13,18H,5-7H2,1-4H3,(H,19,22). The lowest BCUT2D eigenvalue weighted by Gasteiger charge is -2.30. The molecule has 2 aromatic rings. The minimum Gasteiger partial charge on any atom is -0.348 e. The van der Waals surface area contributed by atoms with Gasteiger partial charge in [0.05, 0.1) is 16.6 Å². The maximum atomic E-state index is 12.9. The van der Waals surface area contributed by atoms with Gasteiger partial charge in [0.15, 0.2) is 0 Å². The number of carbonyl (C=O) groups excluding carboxylic acids is 1. The van der Waals surface area contributed by atoms with Crippen molar-refractivity contribution in [3.8, 4) is 0 Å². The van der Waals surface area contributed by atoms with Crippen molar-refractivity contribution >= 4 is 17.0 Å². The van der Waals surface area contributed by atoms with Crippen LogP contribution >= 0.6 is 0 Å². The van der Waals surface area contributed by atoms with Gasteiger partial charge in [0.25, 0.3) is 11.6 Å². The number of aryl methyl sites for hydroxylation is 1. The molecule has 1 aliphatic heterocycles. The van der Waals surface area contributed by atoms with E-state index in [4.69, 9.17) is 4.52 Å². The summed E-state index contributed by atoms with van der Waals surface area (Å²) in [6.45, 7) is 9.05. The van der Waals surface area contributed by atoms with Gasteiger partial charge in [0, 0.05) is 17.8 Å². The van der Waals surface area contributed by atoms with Crippen molar-refractivity contribution in [3.63, 3.8) is 0 Å². The molecule has 1 amide bonds. The zero-order valence-electron chi connectivity index (χ0n) is 14.1. The van der Waals surface area contributed by atoms with Gasteiger partial charge < -0.3 is 15.2 Å². The van der Waals surface area contributed by atoms with Crippen molar-refractivity contribution in [2.24, 2.45) is 0 Å². The molecule has 6 heteroatoms. The number of aromatic nitrogens is 2. The number of fused-ring (bicyclic) bond motifs is 1. The summed E-state index contributed by atoms with van der Waals surface area (Å²) in [4.78, 5) is 17.3. The summed E-state index contributed by atoms with van der Waals surface area (Å²) < 4.78 is 5.29. The molecule has 0 aliphatic carbocycles. The van der Waals surface area contributed by atoms with Crippen LogP contribution in [0.5, 0.6) is 0 Å². The van der Waals surface area contributed by atoms with E-state index in [2.05, 4.69) is 27.7 Å². The van der Waals surface area contributed by atoms with E-state index in [1.54, 1.807) is 0 Å². The van der Waals surface area contributed by atoms with Gasteiger partial charge in [-0.25, -0.2) is 4.98 Å². The van der Waals surface area contributed by atoms with Gasteiger partial charge in [-0.3, -0.25) is 4.79 Å². The fourth-order valence-electron chi connectivity index (χ4n) is 3.08. The Hall–Kier alpha value is -1.95. The Kier molecular flexibility index (Phi) is 4.35. The van der Waals surface area contributed by atoms with Crippen molar-refractivity contribution in [2.75, 3.05) is 6.54 Å². The molecule has 1 saturated heterocycles. The number of rotatable bonds is 3. The lowest BCUT2D eigenvalue weighted by atomic mass is 9.98. The highest BCUT2D eigenvalue weighted by Gasteiger charge is 2.25. The van der Waals surface area contributed by atoms with Crippen LogP contribution in [0.1, 0.15) is 61.3 Å². The maximum absolute atomic E-state index is 12.9. The molecular formula is C17H24N4O2. The van der Waals surface area contributed by atoms with Crippen LogP contribution in [0.25, 0.3) is 11.1 Å². The van der Waals surface area contributed by atoms with Crippen molar-refractivity contribution in [3.05, 3.63) is 23.0 Å². The minimum atomic E-state index is -0.0776. The first-order valence-corrected chi connectivity index (χ1v) is 8.28. The molecule has 124 valence electrons. The minimum absolute atomic E-state index is 0.0776. The predicted molar refractivity (Wildman–Crippen MR) is 88.6 cm³/mol. The first kappa shape index (κ1) is 15.9. The average molecular weight is 316 g/mol. The number of pyridine rings is 1. The van der Waals surface area contributed by atoms with Crippen LogP contribution in [0.15, 0.2) is 10.6 Å². The summed E-state index contributed by atoms with van der Waals surface area (Å²) >= 11 is 0. The molecule has 2 N–H and O–H groups in total. The summed E-state index contributed by atoms with van der Waals surface area (Å²) in [7, 11) is 0. The molecule has 23 heavy (non-hydrogen) atoms. The van der Waals surface area contributed by atoms with E-state index in [9.17, 15) is 4.79 Å². The van der Waals surface area contributed by atoms with Crippen molar-refractivity contribution in [1.29, 1.82) is 0 Å². The smallest absolute Gasteiger partial charge is 0.259 e. The largest absolute Gasteiger partial charge is 0.348 e. The summed E-state index contributed by atoms with van der Waals surface area (Å²) in [5, 5.41) is 11.2. The van der Waals surface area contributed by atoms with E-state index >= 15 is 0 Å². The Morgan fingerprint density at radius 2 is 2.26 bits per heavy atom. The molecule has 0 saturated carbocycles. The van der Waals surface area contributed by atoms with Gasteiger partial charge in [-0.1, -0.05) is 19.0 Å². The summed E-state index contributed by atoms with van der Waals surface area (Å²) in [5.74, 6) is 0.137. The second-order valence-corrected chi connectivity index (χ2v) is 6.66. The molecule has 2 aromatic heterocycles. The summed E-state index contributed by atoms with van der Waals surface area (Å²) in [6.07, 6.45) is 2.07. The van der Waals surface area contributed by atoms with Crippen LogP contribution in [0, 0.1) is 6.92 Å². The van der Waals surface area contributed by atoms with Gasteiger partial charge in [-0.15, -0.1) is 0 Å².